The van der Waals surface area contributed by atoms with Crippen LogP contribution in [0, 0.1) is 0 Å². The summed E-state index contributed by atoms with van der Waals surface area (Å²) in [5.74, 6) is -0.878. The smallest absolute Gasteiger partial charge is 0.300 e. The molecule has 0 spiro atoms. The minimum absolute atomic E-state index is 0.0530. The number of benzene rings is 3. The summed E-state index contributed by atoms with van der Waals surface area (Å²) in [6, 6.07) is 15.2. The highest BCUT2D eigenvalue weighted by Crippen LogP contribution is 2.44. The number of Topliss-reactive ketones (excluding diaryl/α,β-unsaturated/α-hetero) is 1. The number of aliphatic hydroxyl groups is 1. The Morgan fingerprint density at radius 2 is 1.62 bits per heavy atom. The van der Waals surface area contributed by atoms with E-state index in [1.54, 1.807) is 55.6 Å². The first-order valence-electron chi connectivity index (χ1n) is 11.6. The van der Waals surface area contributed by atoms with Crippen molar-refractivity contribution in [3.63, 3.8) is 0 Å². The summed E-state index contributed by atoms with van der Waals surface area (Å²) < 4.78 is 10.7. The maximum Gasteiger partial charge on any atom is 0.300 e. The SMILES string of the molecule is COc1ccc(N2C(=O)C(=O)/C(=C(\O)c3ccc(OC)c(C(C)(C)C)c3)C2c2ccc(O)c(Cl)c2)cc1. The van der Waals surface area contributed by atoms with Gasteiger partial charge < -0.3 is 19.7 Å². The lowest BCUT2D eigenvalue weighted by molar-refractivity contribution is -0.132. The van der Waals surface area contributed by atoms with Crippen LogP contribution in [0.4, 0.5) is 5.69 Å². The molecule has 7 nitrogen and oxygen atoms in total. The first-order chi connectivity index (χ1) is 17.5. The third-order valence-corrected chi connectivity index (χ3v) is 6.67. The van der Waals surface area contributed by atoms with E-state index in [1.165, 1.54) is 24.1 Å². The van der Waals surface area contributed by atoms with Crippen LogP contribution in [0.1, 0.15) is 43.5 Å². The number of hydrogen-bond donors (Lipinski definition) is 2. The molecule has 0 saturated carbocycles. The molecule has 8 heteroatoms. The molecular formula is C29H28ClNO6. The van der Waals surface area contributed by atoms with Gasteiger partial charge in [0.15, 0.2) is 0 Å². The van der Waals surface area contributed by atoms with Crippen molar-refractivity contribution in [3.8, 4) is 17.2 Å². The molecule has 1 heterocycles. The highest BCUT2D eigenvalue weighted by molar-refractivity contribution is 6.51. The normalized spacial score (nSPS) is 17.2. The number of carbonyl (C=O) groups excluding carboxylic acids is 2. The van der Waals surface area contributed by atoms with E-state index in [2.05, 4.69) is 0 Å². The Balaban J connectivity index is 1.96. The third kappa shape index (κ3) is 4.74. The van der Waals surface area contributed by atoms with Gasteiger partial charge in [-0.15, -0.1) is 0 Å². The highest BCUT2D eigenvalue weighted by Gasteiger charge is 2.47. The molecule has 1 atom stereocenters. The minimum atomic E-state index is -0.994. The molecule has 0 aromatic heterocycles. The first kappa shape index (κ1) is 26.1. The molecule has 1 unspecified atom stereocenters. The van der Waals surface area contributed by atoms with E-state index in [0.29, 0.717) is 28.3 Å². The molecule has 1 aliphatic heterocycles. The summed E-state index contributed by atoms with van der Waals surface area (Å²) in [5, 5.41) is 21.5. The van der Waals surface area contributed by atoms with Gasteiger partial charge in [-0.05, 0) is 65.6 Å². The van der Waals surface area contributed by atoms with E-state index >= 15 is 0 Å². The fourth-order valence-corrected chi connectivity index (χ4v) is 4.64. The topological polar surface area (TPSA) is 96.3 Å². The van der Waals surface area contributed by atoms with Gasteiger partial charge >= 0.3 is 0 Å². The molecule has 1 aliphatic rings. The number of nitrogens with zero attached hydrogens (tertiary/aromatic N) is 1. The van der Waals surface area contributed by atoms with Crippen LogP contribution in [0.15, 0.2) is 66.2 Å². The molecular weight excluding hydrogens is 494 g/mol. The van der Waals surface area contributed by atoms with Gasteiger partial charge in [-0.25, -0.2) is 0 Å². The van der Waals surface area contributed by atoms with Crippen LogP contribution in [0.25, 0.3) is 5.76 Å². The van der Waals surface area contributed by atoms with Gasteiger partial charge in [0.05, 0.1) is 30.9 Å². The summed E-state index contributed by atoms with van der Waals surface area (Å²) >= 11 is 6.20. The molecule has 1 saturated heterocycles. The Morgan fingerprint density at radius 1 is 0.946 bits per heavy atom. The van der Waals surface area contributed by atoms with E-state index in [4.69, 9.17) is 21.1 Å². The predicted molar refractivity (Wildman–Crippen MR) is 143 cm³/mol. The van der Waals surface area contributed by atoms with E-state index < -0.39 is 17.7 Å². The van der Waals surface area contributed by atoms with Crippen LogP contribution < -0.4 is 14.4 Å². The number of ether oxygens (including phenoxy) is 2. The third-order valence-electron chi connectivity index (χ3n) is 6.36. The second-order valence-electron chi connectivity index (χ2n) is 9.74. The maximum atomic E-state index is 13.4. The average Bonchev–Trinajstić information content (AvgIpc) is 3.14. The van der Waals surface area contributed by atoms with Gasteiger partial charge in [0.2, 0.25) is 0 Å². The van der Waals surface area contributed by atoms with Gasteiger partial charge in [-0.2, -0.15) is 0 Å². The van der Waals surface area contributed by atoms with E-state index in [1.807, 2.05) is 20.8 Å². The zero-order valence-electron chi connectivity index (χ0n) is 21.2. The largest absolute Gasteiger partial charge is 0.507 e. The number of anilines is 1. The van der Waals surface area contributed by atoms with Gasteiger partial charge in [-0.3, -0.25) is 14.5 Å². The van der Waals surface area contributed by atoms with Crippen LogP contribution >= 0.6 is 11.6 Å². The van der Waals surface area contributed by atoms with Gasteiger partial charge in [0, 0.05) is 16.8 Å². The fourth-order valence-electron chi connectivity index (χ4n) is 4.45. The number of hydrogen-bond acceptors (Lipinski definition) is 6. The number of phenolic OH excluding ortho intramolecular Hbond substituents is 1. The lowest BCUT2D eigenvalue weighted by atomic mass is 9.84. The summed E-state index contributed by atoms with van der Waals surface area (Å²) in [6.07, 6.45) is 0. The summed E-state index contributed by atoms with van der Waals surface area (Å²) in [5.41, 5.74) is 1.67. The Hall–Kier alpha value is -3.97. The number of carbonyl (C=O) groups is 2. The van der Waals surface area contributed by atoms with Crippen LogP contribution in [0.5, 0.6) is 17.2 Å². The molecule has 192 valence electrons. The van der Waals surface area contributed by atoms with Crippen molar-refractivity contribution < 1.29 is 29.3 Å². The second-order valence-corrected chi connectivity index (χ2v) is 10.2. The molecule has 0 bridgehead atoms. The Labute approximate surface area is 220 Å². The van der Waals surface area contributed by atoms with E-state index in [0.717, 1.165) is 5.56 Å². The molecule has 37 heavy (non-hydrogen) atoms. The summed E-state index contributed by atoms with van der Waals surface area (Å²) in [7, 11) is 3.10. The Morgan fingerprint density at radius 3 is 2.19 bits per heavy atom. The highest BCUT2D eigenvalue weighted by atomic mass is 35.5. The molecule has 2 N–H and O–H groups in total. The lowest BCUT2D eigenvalue weighted by Crippen LogP contribution is -2.29. The molecule has 3 aromatic rings. The minimum Gasteiger partial charge on any atom is -0.507 e. The monoisotopic (exact) mass is 521 g/mol. The van der Waals surface area contributed by atoms with Crippen molar-refractivity contribution in [1.29, 1.82) is 0 Å². The van der Waals surface area contributed by atoms with Crippen LogP contribution in [-0.2, 0) is 15.0 Å². The van der Waals surface area contributed by atoms with E-state index in [9.17, 15) is 19.8 Å². The standard InChI is InChI=1S/C29H28ClNO6/c1-29(2,3)20-14-17(7-13-23(20)37-5)26(33)24-25(16-6-12-22(32)21(30)15-16)31(28(35)27(24)34)18-8-10-19(36-4)11-9-18/h6-15,25,32-33H,1-5H3/b26-24-. The maximum absolute atomic E-state index is 13.4. The first-order valence-corrected chi connectivity index (χ1v) is 12.0. The van der Waals surface area contributed by atoms with Crippen LogP contribution in [0.2, 0.25) is 5.02 Å². The van der Waals surface area contributed by atoms with Crippen LogP contribution in [0.3, 0.4) is 0 Å². The fraction of sp³-hybridized carbons (Fsp3) is 0.241. The number of aliphatic hydroxyl groups excluding tert-OH is 1. The van der Waals surface area contributed by atoms with Crippen molar-refractivity contribution in [2.24, 2.45) is 0 Å². The van der Waals surface area contributed by atoms with Crippen molar-refractivity contribution in [3.05, 3.63) is 87.9 Å². The quantitative estimate of drug-likeness (QED) is 0.243. The number of amides is 1. The van der Waals surface area contributed by atoms with E-state index in [-0.39, 0.29) is 27.5 Å². The van der Waals surface area contributed by atoms with Crippen molar-refractivity contribution in [1.82, 2.24) is 0 Å². The zero-order valence-corrected chi connectivity index (χ0v) is 22.0. The number of rotatable bonds is 5. The summed E-state index contributed by atoms with van der Waals surface area (Å²) in [4.78, 5) is 28.1. The molecule has 0 aliphatic carbocycles. The number of halogens is 1. The lowest BCUT2D eigenvalue weighted by Gasteiger charge is -2.26. The number of methoxy groups -OCH3 is 2. The van der Waals surface area contributed by atoms with Crippen LogP contribution in [-0.4, -0.2) is 36.1 Å². The van der Waals surface area contributed by atoms with Gasteiger partial charge in [0.1, 0.15) is 23.0 Å². The molecule has 3 aromatic carbocycles. The van der Waals surface area contributed by atoms with Crippen molar-refractivity contribution >= 4 is 34.7 Å². The molecule has 0 radical (unpaired) electrons. The van der Waals surface area contributed by atoms with Crippen molar-refractivity contribution in [2.75, 3.05) is 19.1 Å². The Bertz CT molecular complexity index is 1400. The number of aromatic hydroxyl groups is 1. The van der Waals surface area contributed by atoms with Gasteiger partial charge in [-0.1, -0.05) is 38.4 Å². The molecule has 4 rings (SSSR count). The zero-order chi connectivity index (χ0) is 27.1. The predicted octanol–water partition coefficient (Wildman–Crippen LogP) is 5.99. The number of ketones is 1. The number of phenols is 1. The molecule has 1 fully saturated rings. The average molecular weight is 522 g/mol. The van der Waals surface area contributed by atoms with Gasteiger partial charge in [0.25, 0.3) is 11.7 Å². The van der Waals surface area contributed by atoms with Crippen molar-refractivity contribution in [2.45, 2.75) is 32.2 Å². The summed E-state index contributed by atoms with van der Waals surface area (Å²) in [6.45, 7) is 6.03. The molecule has 1 amide bonds. The second kappa shape index (κ2) is 9.82. The Kier molecular flexibility index (Phi) is 6.93.